The van der Waals surface area contributed by atoms with Gasteiger partial charge in [0.05, 0.1) is 17.2 Å². The molecule has 1 aliphatic rings. The molecular weight excluding hydrogens is 140 g/mol. The largest absolute Gasteiger partial charge is 0.368 e. The van der Waals surface area contributed by atoms with Gasteiger partial charge in [-0.3, -0.25) is 11.3 Å². The Hall–Kier alpha value is -0.120. The first-order chi connectivity index (χ1) is 4.87. The lowest BCUT2D eigenvalue weighted by Crippen LogP contribution is -2.46. The van der Waals surface area contributed by atoms with Crippen molar-refractivity contribution in [1.82, 2.24) is 5.43 Å². The van der Waals surface area contributed by atoms with E-state index >= 15 is 0 Å². The molecule has 3 heteroatoms. The van der Waals surface area contributed by atoms with Crippen LogP contribution < -0.4 is 11.3 Å². The summed E-state index contributed by atoms with van der Waals surface area (Å²) in [5, 5.41) is 0. The summed E-state index contributed by atoms with van der Waals surface area (Å²) in [7, 11) is 0. The second-order valence-electron chi connectivity index (χ2n) is 4.39. The minimum absolute atomic E-state index is 0.0411. The lowest BCUT2D eigenvalue weighted by Gasteiger charge is -2.26. The van der Waals surface area contributed by atoms with Crippen LogP contribution in [-0.2, 0) is 4.74 Å². The van der Waals surface area contributed by atoms with Gasteiger partial charge in [0.1, 0.15) is 0 Å². The number of nitrogens with two attached hydrogens (primary N) is 1. The number of rotatable bonds is 1. The number of hydrogen-bond donors (Lipinski definition) is 2. The molecule has 0 spiro atoms. The van der Waals surface area contributed by atoms with E-state index in [0.29, 0.717) is 0 Å². The average molecular weight is 158 g/mol. The van der Waals surface area contributed by atoms with Crippen molar-refractivity contribution in [2.24, 2.45) is 5.84 Å². The van der Waals surface area contributed by atoms with Crippen LogP contribution in [0.3, 0.4) is 0 Å². The Kier molecular flexibility index (Phi) is 1.99. The molecule has 1 unspecified atom stereocenters. The molecule has 0 saturated carbocycles. The Morgan fingerprint density at radius 1 is 1.36 bits per heavy atom. The number of nitrogens with one attached hydrogen (secondary N) is 1. The Morgan fingerprint density at radius 2 is 1.91 bits per heavy atom. The van der Waals surface area contributed by atoms with Crippen molar-refractivity contribution >= 4 is 0 Å². The summed E-state index contributed by atoms with van der Waals surface area (Å²) < 4.78 is 5.80. The summed E-state index contributed by atoms with van der Waals surface area (Å²) in [6.07, 6.45) is 0.969. The fraction of sp³-hybridized carbons (Fsp3) is 1.00. The second kappa shape index (κ2) is 2.44. The lowest BCUT2D eigenvalue weighted by molar-refractivity contribution is -0.0697. The Morgan fingerprint density at radius 3 is 2.09 bits per heavy atom. The molecule has 11 heavy (non-hydrogen) atoms. The van der Waals surface area contributed by atoms with Crippen molar-refractivity contribution in [1.29, 1.82) is 0 Å². The Bertz CT molecular complexity index is 154. The molecule has 0 bridgehead atoms. The van der Waals surface area contributed by atoms with Crippen LogP contribution in [0.15, 0.2) is 0 Å². The Labute approximate surface area is 68.3 Å². The molecule has 0 amide bonds. The van der Waals surface area contributed by atoms with Crippen molar-refractivity contribution in [2.45, 2.75) is 51.4 Å². The molecule has 1 atom stereocenters. The van der Waals surface area contributed by atoms with Crippen LogP contribution in [0.25, 0.3) is 0 Å². The molecule has 0 aromatic heterocycles. The maximum absolute atomic E-state index is 5.80. The van der Waals surface area contributed by atoms with Crippen molar-refractivity contribution in [3.05, 3.63) is 0 Å². The van der Waals surface area contributed by atoms with E-state index in [1.54, 1.807) is 0 Å². The maximum Gasteiger partial charge on any atom is 0.0800 e. The summed E-state index contributed by atoms with van der Waals surface area (Å²) in [6.45, 7) is 8.30. The standard InChI is InChI=1S/C8H18N2O/c1-7(2)5-6(10-9)8(3,4)11-7/h6,10H,5,9H2,1-4H3. The lowest BCUT2D eigenvalue weighted by atomic mass is 9.95. The quantitative estimate of drug-likeness (QED) is 0.438. The molecule has 0 radical (unpaired) electrons. The van der Waals surface area contributed by atoms with Crippen molar-refractivity contribution in [3.8, 4) is 0 Å². The second-order valence-corrected chi connectivity index (χ2v) is 4.39. The zero-order valence-electron chi connectivity index (χ0n) is 7.77. The Balaban J connectivity index is 2.71. The van der Waals surface area contributed by atoms with Gasteiger partial charge in [0, 0.05) is 0 Å². The predicted molar refractivity (Wildman–Crippen MR) is 45.0 cm³/mol. The van der Waals surface area contributed by atoms with E-state index in [9.17, 15) is 0 Å². The molecule has 1 fully saturated rings. The van der Waals surface area contributed by atoms with E-state index in [-0.39, 0.29) is 17.2 Å². The van der Waals surface area contributed by atoms with Gasteiger partial charge in [-0.2, -0.15) is 0 Å². The molecule has 3 N–H and O–H groups in total. The molecular formula is C8H18N2O. The van der Waals surface area contributed by atoms with Crippen LogP contribution >= 0.6 is 0 Å². The summed E-state index contributed by atoms with van der Waals surface area (Å²) in [4.78, 5) is 0. The third-order valence-corrected chi connectivity index (χ3v) is 2.28. The molecule has 1 saturated heterocycles. The minimum Gasteiger partial charge on any atom is -0.368 e. The summed E-state index contributed by atoms with van der Waals surface area (Å²) >= 11 is 0. The van der Waals surface area contributed by atoms with Gasteiger partial charge in [0.15, 0.2) is 0 Å². The van der Waals surface area contributed by atoms with E-state index in [4.69, 9.17) is 10.6 Å². The van der Waals surface area contributed by atoms with E-state index in [0.717, 1.165) is 6.42 Å². The van der Waals surface area contributed by atoms with Crippen LogP contribution in [0.1, 0.15) is 34.1 Å². The number of hydrazine groups is 1. The van der Waals surface area contributed by atoms with Gasteiger partial charge in [0.2, 0.25) is 0 Å². The van der Waals surface area contributed by atoms with E-state index in [1.165, 1.54) is 0 Å². The van der Waals surface area contributed by atoms with Crippen molar-refractivity contribution < 1.29 is 4.74 Å². The number of ether oxygens (including phenoxy) is 1. The molecule has 1 aliphatic heterocycles. The first-order valence-corrected chi connectivity index (χ1v) is 4.04. The predicted octanol–water partition coefficient (Wildman–Crippen LogP) is 0.796. The van der Waals surface area contributed by atoms with E-state index in [1.807, 2.05) is 0 Å². The fourth-order valence-corrected chi connectivity index (χ4v) is 1.82. The van der Waals surface area contributed by atoms with Gasteiger partial charge < -0.3 is 4.74 Å². The molecule has 0 aliphatic carbocycles. The highest BCUT2D eigenvalue weighted by Crippen LogP contribution is 2.36. The molecule has 1 heterocycles. The third kappa shape index (κ3) is 1.72. The summed E-state index contributed by atoms with van der Waals surface area (Å²) in [6, 6.07) is 0.262. The highest BCUT2D eigenvalue weighted by molar-refractivity contribution is 4.97. The summed E-state index contributed by atoms with van der Waals surface area (Å²) in [5.41, 5.74) is 2.60. The zero-order chi connectivity index (χ0) is 8.70. The monoisotopic (exact) mass is 158 g/mol. The highest BCUT2D eigenvalue weighted by atomic mass is 16.5. The van der Waals surface area contributed by atoms with Crippen molar-refractivity contribution in [3.63, 3.8) is 0 Å². The van der Waals surface area contributed by atoms with Gasteiger partial charge in [-0.1, -0.05) is 0 Å². The van der Waals surface area contributed by atoms with Gasteiger partial charge in [-0.05, 0) is 34.1 Å². The van der Waals surface area contributed by atoms with Crippen LogP contribution in [0.5, 0.6) is 0 Å². The number of hydrogen-bond acceptors (Lipinski definition) is 3. The fourth-order valence-electron chi connectivity index (χ4n) is 1.82. The van der Waals surface area contributed by atoms with Gasteiger partial charge in [-0.15, -0.1) is 0 Å². The first-order valence-electron chi connectivity index (χ1n) is 4.04. The SMILES string of the molecule is CC1(C)CC(NN)C(C)(C)O1. The highest BCUT2D eigenvalue weighted by Gasteiger charge is 2.45. The molecule has 66 valence electrons. The minimum atomic E-state index is -0.141. The third-order valence-electron chi connectivity index (χ3n) is 2.28. The van der Waals surface area contributed by atoms with Gasteiger partial charge in [0.25, 0.3) is 0 Å². The molecule has 0 aromatic carbocycles. The van der Waals surface area contributed by atoms with Crippen LogP contribution in [0.2, 0.25) is 0 Å². The summed E-state index contributed by atoms with van der Waals surface area (Å²) in [5.74, 6) is 5.40. The smallest absolute Gasteiger partial charge is 0.0800 e. The van der Waals surface area contributed by atoms with Crippen molar-refractivity contribution in [2.75, 3.05) is 0 Å². The zero-order valence-corrected chi connectivity index (χ0v) is 7.77. The van der Waals surface area contributed by atoms with Crippen LogP contribution in [0, 0.1) is 0 Å². The normalized spacial score (nSPS) is 34.1. The molecule has 3 nitrogen and oxygen atoms in total. The maximum atomic E-state index is 5.80. The van der Waals surface area contributed by atoms with Crippen LogP contribution in [0.4, 0.5) is 0 Å². The molecule has 1 rings (SSSR count). The topological polar surface area (TPSA) is 47.3 Å². The van der Waals surface area contributed by atoms with Gasteiger partial charge in [-0.25, -0.2) is 0 Å². The van der Waals surface area contributed by atoms with Crippen LogP contribution in [-0.4, -0.2) is 17.2 Å². The van der Waals surface area contributed by atoms with E-state index in [2.05, 4.69) is 33.1 Å². The molecule has 0 aromatic rings. The van der Waals surface area contributed by atoms with E-state index < -0.39 is 0 Å². The average Bonchev–Trinajstić information content (AvgIpc) is 1.99. The van der Waals surface area contributed by atoms with Gasteiger partial charge >= 0.3 is 0 Å². The first kappa shape index (κ1) is 8.97.